The molecular formula is C13H9F3N2O. The molecule has 0 saturated carbocycles. The molecule has 0 spiro atoms. The van der Waals surface area contributed by atoms with E-state index in [0.717, 1.165) is 17.7 Å². The first-order valence-corrected chi connectivity index (χ1v) is 5.58. The molecule has 19 heavy (non-hydrogen) atoms. The maximum atomic E-state index is 12.7. The first kappa shape index (κ1) is 11.8. The van der Waals surface area contributed by atoms with E-state index in [-0.39, 0.29) is 0 Å². The average molecular weight is 266 g/mol. The Morgan fingerprint density at radius 1 is 1.16 bits per heavy atom. The number of fused-ring (bicyclic) bond motifs is 2. The van der Waals surface area contributed by atoms with Gasteiger partial charge in [-0.05, 0) is 24.3 Å². The molecule has 1 aromatic carbocycles. The number of ether oxygens (including phenoxy) is 1. The van der Waals surface area contributed by atoms with Crippen LogP contribution in [-0.4, -0.2) is 4.98 Å². The van der Waals surface area contributed by atoms with E-state index in [9.17, 15) is 13.2 Å². The van der Waals surface area contributed by atoms with Gasteiger partial charge in [-0.3, -0.25) is 4.98 Å². The zero-order valence-electron chi connectivity index (χ0n) is 9.66. The van der Waals surface area contributed by atoms with Crippen LogP contribution in [0.5, 0.6) is 5.75 Å². The molecule has 98 valence electrons. The second-order valence-electron chi connectivity index (χ2n) is 4.16. The van der Waals surface area contributed by atoms with Crippen molar-refractivity contribution >= 4 is 11.4 Å². The van der Waals surface area contributed by atoms with Crippen molar-refractivity contribution in [2.75, 3.05) is 5.32 Å². The molecule has 0 unspecified atom stereocenters. The number of alkyl halides is 3. The molecule has 2 aromatic rings. The fourth-order valence-corrected chi connectivity index (χ4v) is 1.89. The Bertz CT molecular complexity index is 626. The van der Waals surface area contributed by atoms with Crippen LogP contribution >= 0.6 is 0 Å². The van der Waals surface area contributed by atoms with E-state index in [1.54, 1.807) is 18.5 Å². The van der Waals surface area contributed by atoms with Gasteiger partial charge in [0.15, 0.2) is 0 Å². The van der Waals surface area contributed by atoms with E-state index in [0.29, 0.717) is 23.7 Å². The van der Waals surface area contributed by atoms with E-state index >= 15 is 0 Å². The van der Waals surface area contributed by atoms with Crippen molar-refractivity contribution < 1.29 is 17.9 Å². The SMILES string of the molecule is FC(F)(F)c1ccc2c(c1)Nc1cnccc1CO2. The summed E-state index contributed by atoms with van der Waals surface area (Å²) in [4.78, 5) is 3.94. The first-order chi connectivity index (χ1) is 9.04. The predicted octanol–water partition coefficient (Wildman–Crippen LogP) is 3.74. The topological polar surface area (TPSA) is 34.2 Å². The largest absolute Gasteiger partial charge is 0.487 e. The number of hydrogen-bond acceptors (Lipinski definition) is 3. The second kappa shape index (κ2) is 4.15. The van der Waals surface area contributed by atoms with Gasteiger partial charge < -0.3 is 10.1 Å². The third kappa shape index (κ3) is 2.21. The van der Waals surface area contributed by atoms with Gasteiger partial charge in [-0.25, -0.2) is 0 Å². The van der Waals surface area contributed by atoms with Crippen LogP contribution < -0.4 is 10.1 Å². The lowest BCUT2D eigenvalue weighted by atomic mass is 10.1. The van der Waals surface area contributed by atoms with E-state index in [1.807, 2.05) is 0 Å². The highest BCUT2D eigenvalue weighted by Gasteiger charge is 2.31. The van der Waals surface area contributed by atoms with E-state index in [2.05, 4.69) is 10.3 Å². The van der Waals surface area contributed by atoms with Gasteiger partial charge in [0.1, 0.15) is 12.4 Å². The minimum atomic E-state index is -4.37. The summed E-state index contributed by atoms with van der Waals surface area (Å²) >= 11 is 0. The van der Waals surface area contributed by atoms with Gasteiger partial charge in [-0.15, -0.1) is 0 Å². The normalized spacial score (nSPS) is 13.6. The fraction of sp³-hybridized carbons (Fsp3) is 0.154. The number of aromatic nitrogens is 1. The van der Waals surface area contributed by atoms with Crippen molar-refractivity contribution in [2.24, 2.45) is 0 Å². The summed E-state index contributed by atoms with van der Waals surface area (Å²) in [6, 6.07) is 5.13. The number of rotatable bonds is 0. The monoisotopic (exact) mass is 266 g/mol. The van der Waals surface area contributed by atoms with Crippen LogP contribution in [0, 0.1) is 0 Å². The second-order valence-corrected chi connectivity index (χ2v) is 4.16. The Morgan fingerprint density at radius 3 is 2.79 bits per heavy atom. The molecule has 0 bridgehead atoms. The van der Waals surface area contributed by atoms with Crippen LogP contribution in [0.2, 0.25) is 0 Å². The van der Waals surface area contributed by atoms with Gasteiger partial charge in [0.2, 0.25) is 0 Å². The van der Waals surface area contributed by atoms with Gasteiger partial charge in [-0.2, -0.15) is 13.2 Å². The lowest BCUT2D eigenvalue weighted by Crippen LogP contribution is -2.05. The van der Waals surface area contributed by atoms with Crippen molar-refractivity contribution in [3.8, 4) is 5.75 Å². The lowest BCUT2D eigenvalue weighted by Gasteiger charge is -2.12. The maximum Gasteiger partial charge on any atom is 0.416 e. The molecule has 3 nitrogen and oxygen atoms in total. The van der Waals surface area contributed by atoms with Gasteiger partial charge in [0, 0.05) is 11.8 Å². The van der Waals surface area contributed by atoms with Crippen LogP contribution in [0.25, 0.3) is 0 Å². The average Bonchev–Trinajstić information content (AvgIpc) is 2.55. The molecule has 0 saturated heterocycles. The highest BCUT2D eigenvalue weighted by molar-refractivity contribution is 5.70. The molecule has 0 amide bonds. The number of nitrogens with zero attached hydrogens (tertiary/aromatic N) is 1. The molecule has 6 heteroatoms. The van der Waals surface area contributed by atoms with Crippen LogP contribution in [0.1, 0.15) is 11.1 Å². The number of nitrogens with one attached hydrogen (secondary N) is 1. The minimum absolute atomic E-state index is 0.293. The summed E-state index contributed by atoms with van der Waals surface area (Å²) in [6.45, 7) is 0.295. The number of hydrogen-bond donors (Lipinski definition) is 1. The molecule has 0 atom stereocenters. The first-order valence-electron chi connectivity index (χ1n) is 5.58. The van der Waals surface area contributed by atoms with Crippen LogP contribution in [0.4, 0.5) is 24.5 Å². The van der Waals surface area contributed by atoms with E-state index < -0.39 is 11.7 Å². The Kier molecular flexibility index (Phi) is 2.58. The molecule has 0 radical (unpaired) electrons. The summed E-state index contributed by atoms with van der Waals surface area (Å²) in [5, 5.41) is 2.93. The third-order valence-corrected chi connectivity index (χ3v) is 2.87. The number of anilines is 2. The van der Waals surface area contributed by atoms with Gasteiger partial charge >= 0.3 is 6.18 Å². The summed E-state index contributed by atoms with van der Waals surface area (Å²) in [6.07, 6.45) is -1.20. The zero-order chi connectivity index (χ0) is 13.5. The fourth-order valence-electron chi connectivity index (χ4n) is 1.89. The Balaban J connectivity index is 2.05. The van der Waals surface area contributed by atoms with Gasteiger partial charge in [0.05, 0.1) is 23.1 Å². The predicted molar refractivity (Wildman–Crippen MR) is 63.3 cm³/mol. The third-order valence-electron chi connectivity index (χ3n) is 2.87. The van der Waals surface area contributed by atoms with E-state index in [4.69, 9.17) is 4.74 Å². The Labute approximate surface area is 107 Å². The lowest BCUT2D eigenvalue weighted by molar-refractivity contribution is -0.137. The molecule has 1 aliphatic rings. The summed E-state index contributed by atoms with van der Waals surface area (Å²) in [5.41, 5.74) is 1.08. The minimum Gasteiger partial charge on any atom is -0.487 e. The molecule has 1 aliphatic heterocycles. The van der Waals surface area contributed by atoms with Crippen LogP contribution in [-0.2, 0) is 12.8 Å². The molecule has 1 aromatic heterocycles. The zero-order valence-corrected chi connectivity index (χ0v) is 9.66. The van der Waals surface area contributed by atoms with E-state index in [1.165, 1.54) is 6.07 Å². The molecule has 0 aliphatic carbocycles. The standard InChI is InChI=1S/C13H9F3N2O/c14-13(15,16)9-1-2-12-10(5-9)18-11-6-17-4-3-8(11)7-19-12/h1-6,18H,7H2. The van der Waals surface area contributed by atoms with Crippen molar-refractivity contribution in [1.82, 2.24) is 4.98 Å². The van der Waals surface area contributed by atoms with Crippen molar-refractivity contribution in [2.45, 2.75) is 12.8 Å². The highest BCUT2D eigenvalue weighted by Crippen LogP contribution is 2.38. The molecule has 0 fully saturated rings. The molecular weight excluding hydrogens is 257 g/mol. The molecule has 3 rings (SSSR count). The number of pyridine rings is 1. The van der Waals surface area contributed by atoms with Gasteiger partial charge in [-0.1, -0.05) is 0 Å². The van der Waals surface area contributed by atoms with Crippen LogP contribution in [0.15, 0.2) is 36.7 Å². The highest BCUT2D eigenvalue weighted by atomic mass is 19.4. The molecule has 2 heterocycles. The van der Waals surface area contributed by atoms with Gasteiger partial charge in [0.25, 0.3) is 0 Å². The van der Waals surface area contributed by atoms with Crippen molar-refractivity contribution in [3.05, 3.63) is 47.8 Å². The maximum absolute atomic E-state index is 12.7. The Morgan fingerprint density at radius 2 is 2.00 bits per heavy atom. The smallest absolute Gasteiger partial charge is 0.416 e. The Hall–Kier alpha value is -2.24. The summed E-state index contributed by atoms with van der Waals surface area (Å²) in [5.74, 6) is 0.393. The summed E-state index contributed by atoms with van der Waals surface area (Å²) in [7, 11) is 0. The van der Waals surface area contributed by atoms with Crippen LogP contribution in [0.3, 0.4) is 0 Å². The quantitative estimate of drug-likeness (QED) is 0.788. The number of benzene rings is 1. The molecule has 1 N–H and O–H groups in total. The summed E-state index contributed by atoms with van der Waals surface area (Å²) < 4.78 is 43.5. The number of halogens is 3. The van der Waals surface area contributed by atoms with Crippen molar-refractivity contribution in [3.63, 3.8) is 0 Å². The van der Waals surface area contributed by atoms with Crippen molar-refractivity contribution in [1.29, 1.82) is 0 Å².